The van der Waals surface area contributed by atoms with Gasteiger partial charge in [-0.05, 0) is 25.2 Å². The van der Waals surface area contributed by atoms with Gasteiger partial charge in [-0.15, -0.1) is 0 Å². The Kier molecular flexibility index (Phi) is 7.54. The molecule has 0 saturated carbocycles. The molecule has 0 bridgehead atoms. The van der Waals surface area contributed by atoms with Gasteiger partial charge in [-0.1, -0.05) is 25.4 Å². The van der Waals surface area contributed by atoms with Gasteiger partial charge in [-0.3, -0.25) is 4.79 Å². The number of carboxylic acid groups (broad SMARTS) is 1. The Labute approximate surface area is 96.3 Å². The number of carbonyl (C=O) groups is 1. The van der Waals surface area contributed by atoms with E-state index in [1.54, 1.807) is 0 Å². The fourth-order valence-corrected chi connectivity index (χ4v) is 1.43. The fourth-order valence-electron chi connectivity index (χ4n) is 1.43. The van der Waals surface area contributed by atoms with Crippen molar-refractivity contribution in [3.63, 3.8) is 0 Å². The number of hydrogen-bond donors (Lipinski definition) is 3. The third-order valence-corrected chi connectivity index (χ3v) is 2.56. The summed E-state index contributed by atoms with van der Waals surface area (Å²) in [6.45, 7) is 3.94. The minimum atomic E-state index is -0.769. The second kappa shape index (κ2) is 8.10. The van der Waals surface area contributed by atoms with E-state index < -0.39 is 5.97 Å². The third kappa shape index (κ3) is 6.40. The minimum absolute atomic E-state index is 0.196. The van der Waals surface area contributed by atoms with Crippen LogP contribution in [0.25, 0.3) is 0 Å². The summed E-state index contributed by atoms with van der Waals surface area (Å²) >= 11 is 0. The zero-order valence-electron chi connectivity index (χ0n) is 10.0. The van der Waals surface area contributed by atoms with Gasteiger partial charge in [0.15, 0.2) is 0 Å². The van der Waals surface area contributed by atoms with Crippen molar-refractivity contribution >= 4 is 11.7 Å². The largest absolute Gasteiger partial charge is 0.481 e. The molecule has 0 aliphatic carbocycles. The summed E-state index contributed by atoms with van der Waals surface area (Å²) in [5.74, 6) is -0.528. The lowest BCUT2D eigenvalue weighted by atomic mass is 9.96. The van der Waals surface area contributed by atoms with Gasteiger partial charge in [-0.2, -0.15) is 0 Å². The molecule has 0 fully saturated rings. The molecule has 0 rings (SSSR count). The molecule has 0 aliphatic heterocycles. The highest BCUT2D eigenvalue weighted by Crippen LogP contribution is 2.09. The van der Waals surface area contributed by atoms with Crippen molar-refractivity contribution in [1.29, 1.82) is 0 Å². The highest BCUT2D eigenvalue weighted by molar-refractivity contribution is 5.89. The molecule has 1 atom stereocenters. The topological polar surface area (TPSA) is 95.9 Å². The van der Waals surface area contributed by atoms with Crippen LogP contribution in [-0.2, 0) is 4.79 Å². The summed E-state index contributed by atoms with van der Waals surface area (Å²) in [6, 6.07) is -0.218. The van der Waals surface area contributed by atoms with Gasteiger partial charge >= 0.3 is 5.97 Å². The molecule has 94 valence electrons. The summed E-state index contributed by atoms with van der Waals surface area (Å²) in [4.78, 5) is 10.3. The average molecular weight is 230 g/mol. The van der Waals surface area contributed by atoms with Gasteiger partial charge in [0.1, 0.15) is 0 Å². The van der Waals surface area contributed by atoms with E-state index in [9.17, 15) is 4.79 Å². The molecular weight excluding hydrogens is 208 g/mol. The molecule has 0 aromatic carbocycles. The van der Waals surface area contributed by atoms with Crippen LogP contribution in [0, 0.1) is 5.92 Å². The molecule has 0 spiro atoms. The van der Waals surface area contributed by atoms with Crippen molar-refractivity contribution in [2.24, 2.45) is 16.8 Å². The van der Waals surface area contributed by atoms with Crippen molar-refractivity contribution < 1.29 is 15.1 Å². The van der Waals surface area contributed by atoms with Crippen LogP contribution in [0.4, 0.5) is 0 Å². The molecule has 0 aromatic heterocycles. The van der Waals surface area contributed by atoms with Crippen molar-refractivity contribution in [3.05, 3.63) is 0 Å². The monoisotopic (exact) mass is 230 g/mol. The van der Waals surface area contributed by atoms with Gasteiger partial charge in [0.05, 0.1) is 5.71 Å². The standard InChI is InChI=1S/C11H22N2O3/c1-8(2)11(12)9(13-16)6-4-3-5-7-10(14)15/h8,11,16H,3-7,12H2,1-2H3,(H,14,15)/b13-9+/t11-/m0/s1. The van der Waals surface area contributed by atoms with Gasteiger partial charge in [0.25, 0.3) is 0 Å². The highest BCUT2D eigenvalue weighted by Gasteiger charge is 2.15. The Hall–Kier alpha value is -1.10. The second-order valence-corrected chi connectivity index (χ2v) is 4.32. The van der Waals surface area contributed by atoms with Gasteiger partial charge in [0, 0.05) is 12.5 Å². The number of nitrogens with two attached hydrogens (primary N) is 1. The fraction of sp³-hybridized carbons (Fsp3) is 0.818. The van der Waals surface area contributed by atoms with E-state index in [4.69, 9.17) is 16.0 Å². The predicted molar refractivity (Wildman–Crippen MR) is 62.8 cm³/mol. The van der Waals surface area contributed by atoms with Crippen LogP contribution in [0.1, 0.15) is 46.0 Å². The lowest BCUT2D eigenvalue weighted by Gasteiger charge is -2.16. The third-order valence-electron chi connectivity index (χ3n) is 2.56. The maximum absolute atomic E-state index is 10.3. The molecule has 0 aromatic rings. The van der Waals surface area contributed by atoms with Crippen LogP contribution in [0.2, 0.25) is 0 Å². The van der Waals surface area contributed by atoms with E-state index in [2.05, 4.69) is 5.16 Å². The first kappa shape index (κ1) is 14.9. The molecule has 16 heavy (non-hydrogen) atoms. The number of nitrogens with zero attached hydrogens (tertiary/aromatic N) is 1. The maximum Gasteiger partial charge on any atom is 0.303 e. The Morgan fingerprint density at radius 2 is 1.81 bits per heavy atom. The first-order chi connectivity index (χ1) is 7.49. The lowest BCUT2D eigenvalue weighted by Crippen LogP contribution is -2.35. The van der Waals surface area contributed by atoms with Crippen LogP contribution in [0.3, 0.4) is 0 Å². The van der Waals surface area contributed by atoms with Crippen molar-refractivity contribution in [2.45, 2.75) is 52.0 Å². The van der Waals surface area contributed by atoms with Crippen molar-refractivity contribution in [1.82, 2.24) is 0 Å². The van der Waals surface area contributed by atoms with Gasteiger partial charge < -0.3 is 16.0 Å². The van der Waals surface area contributed by atoms with E-state index in [0.29, 0.717) is 18.6 Å². The summed E-state index contributed by atoms with van der Waals surface area (Å²) in [5.41, 5.74) is 6.45. The van der Waals surface area contributed by atoms with E-state index >= 15 is 0 Å². The average Bonchev–Trinajstić information content (AvgIpc) is 2.22. The smallest absolute Gasteiger partial charge is 0.303 e. The molecule has 0 amide bonds. The lowest BCUT2D eigenvalue weighted by molar-refractivity contribution is -0.137. The number of rotatable bonds is 8. The number of oxime groups is 1. The van der Waals surface area contributed by atoms with Crippen molar-refractivity contribution in [3.8, 4) is 0 Å². The van der Waals surface area contributed by atoms with Crippen LogP contribution < -0.4 is 5.73 Å². The van der Waals surface area contributed by atoms with E-state index in [-0.39, 0.29) is 18.4 Å². The molecule has 0 unspecified atom stereocenters. The first-order valence-corrected chi connectivity index (χ1v) is 5.67. The van der Waals surface area contributed by atoms with Crippen LogP contribution >= 0.6 is 0 Å². The molecule has 5 heteroatoms. The number of hydrogen-bond acceptors (Lipinski definition) is 4. The second-order valence-electron chi connectivity index (χ2n) is 4.32. The van der Waals surface area contributed by atoms with E-state index in [1.165, 1.54) is 0 Å². The molecular formula is C11H22N2O3. The summed E-state index contributed by atoms with van der Waals surface area (Å²) in [7, 11) is 0. The van der Waals surface area contributed by atoms with Crippen molar-refractivity contribution in [2.75, 3.05) is 0 Å². The maximum atomic E-state index is 10.3. The molecule has 4 N–H and O–H groups in total. The minimum Gasteiger partial charge on any atom is -0.481 e. The SMILES string of the molecule is CC(C)[C@H](N)/C(CCCCCC(=O)O)=N/O. The summed E-state index contributed by atoms with van der Waals surface area (Å²) < 4.78 is 0. The van der Waals surface area contributed by atoms with E-state index in [0.717, 1.165) is 12.8 Å². The Balaban J connectivity index is 3.77. The molecule has 0 aliphatic rings. The quantitative estimate of drug-likeness (QED) is 0.256. The Bertz CT molecular complexity index is 239. The molecule has 0 radical (unpaired) electrons. The zero-order chi connectivity index (χ0) is 12.6. The van der Waals surface area contributed by atoms with Crippen LogP contribution in [0.5, 0.6) is 0 Å². The van der Waals surface area contributed by atoms with E-state index in [1.807, 2.05) is 13.8 Å². The zero-order valence-corrected chi connectivity index (χ0v) is 10.0. The molecule has 5 nitrogen and oxygen atoms in total. The van der Waals surface area contributed by atoms with Gasteiger partial charge in [0.2, 0.25) is 0 Å². The number of aliphatic carboxylic acids is 1. The van der Waals surface area contributed by atoms with Gasteiger partial charge in [-0.25, -0.2) is 0 Å². The molecule has 0 heterocycles. The molecule has 0 saturated heterocycles. The summed E-state index contributed by atoms with van der Waals surface area (Å²) in [5, 5.41) is 20.5. The normalized spacial score (nSPS) is 14.1. The number of carboxylic acids is 1. The van der Waals surface area contributed by atoms with Crippen LogP contribution in [-0.4, -0.2) is 28.0 Å². The van der Waals surface area contributed by atoms with Crippen LogP contribution in [0.15, 0.2) is 5.16 Å². The first-order valence-electron chi connectivity index (χ1n) is 5.67. The summed E-state index contributed by atoms with van der Waals surface area (Å²) in [6.07, 6.45) is 3.12. The predicted octanol–water partition coefficient (Wildman–Crippen LogP) is 1.83. The highest BCUT2D eigenvalue weighted by atomic mass is 16.4. The Morgan fingerprint density at radius 1 is 1.25 bits per heavy atom. The number of unbranched alkanes of at least 4 members (excludes halogenated alkanes) is 2. The Morgan fingerprint density at radius 3 is 2.25 bits per heavy atom.